The Hall–Kier alpha value is -3.48. The summed E-state index contributed by atoms with van der Waals surface area (Å²) in [5.41, 5.74) is 1.71. The number of hydrogen-bond acceptors (Lipinski definition) is 4. The standard InChI is InChI=1S/C19H18N4O3/c1-3-14-11-16(24)22-18(20-14)12-5-4-6-15(9-12)21-19(26)13-7-8-23(2)17(25)10-13/h4-11H,3H2,1-2H3,(H,21,26)(H,20,22,24). The zero-order chi connectivity index (χ0) is 18.7. The van der Waals surface area contributed by atoms with Crippen molar-refractivity contribution >= 4 is 11.6 Å². The number of aryl methyl sites for hydroxylation is 2. The van der Waals surface area contributed by atoms with Gasteiger partial charge in [0.15, 0.2) is 0 Å². The Morgan fingerprint density at radius 2 is 2.00 bits per heavy atom. The number of nitrogens with one attached hydrogen (secondary N) is 2. The first-order valence-electron chi connectivity index (χ1n) is 8.15. The smallest absolute Gasteiger partial charge is 0.255 e. The molecule has 0 fully saturated rings. The van der Waals surface area contributed by atoms with Gasteiger partial charge in [-0.3, -0.25) is 14.4 Å². The van der Waals surface area contributed by atoms with Crippen molar-refractivity contribution in [2.45, 2.75) is 13.3 Å². The minimum atomic E-state index is -0.386. The summed E-state index contributed by atoms with van der Waals surface area (Å²) in [5, 5.41) is 2.75. The number of aromatic nitrogens is 3. The van der Waals surface area contributed by atoms with Gasteiger partial charge in [-0.15, -0.1) is 0 Å². The lowest BCUT2D eigenvalue weighted by Crippen LogP contribution is -2.20. The van der Waals surface area contributed by atoms with E-state index in [2.05, 4.69) is 15.3 Å². The average molecular weight is 350 g/mol. The van der Waals surface area contributed by atoms with Crippen LogP contribution in [0.2, 0.25) is 0 Å². The van der Waals surface area contributed by atoms with E-state index in [0.29, 0.717) is 29.2 Å². The lowest BCUT2D eigenvalue weighted by Gasteiger charge is -2.08. The van der Waals surface area contributed by atoms with E-state index in [0.717, 1.165) is 0 Å². The maximum Gasteiger partial charge on any atom is 0.255 e. The summed E-state index contributed by atoms with van der Waals surface area (Å²) < 4.78 is 1.39. The maximum absolute atomic E-state index is 12.3. The molecule has 2 N–H and O–H groups in total. The molecule has 0 saturated carbocycles. The Morgan fingerprint density at radius 1 is 1.19 bits per heavy atom. The summed E-state index contributed by atoms with van der Waals surface area (Å²) in [6, 6.07) is 11.3. The molecule has 0 unspecified atom stereocenters. The van der Waals surface area contributed by atoms with Crippen LogP contribution in [-0.4, -0.2) is 20.4 Å². The van der Waals surface area contributed by atoms with Gasteiger partial charge in [-0.25, -0.2) is 4.98 Å². The minimum absolute atomic E-state index is 0.221. The molecule has 0 aliphatic carbocycles. The number of carbonyl (C=O) groups is 1. The molecule has 0 bridgehead atoms. The number of benzene rings is 1. The van der Waals surface area contributed by atoms with Crippen LogP contribution in [0.4, 0.5) is 5.69 Å². The number of H-pyrrole nitrogens is 1. The van der Waals surface area contributed by atoms with Gasteiger partial charge in [0, 0.05) is 47.9 Å². The highest BCUT2D eigenvalue weighted by Crippen LogP contribution is 2.19. The Morgan fingerprint density at radius 3 is 2.73 bits per heavy atom. The Bertz CT molecular complexity index is 1080. The van der Waals surface area contributed by atoms with E-state index in [1.54, 1.807) is 43.6 Å². The lowest BCUT2D eigenvalue weighted by molar-refractivity contribution is 0.102. The predicted octanol–water partition coefficient (Wildman–Crippen LogP) is 1.95. The average Bonchev–Trinajstić information content (AvgIpc) is 2.63. The molecule has 0 atom stereocenters. The van der Waals surface area contributed by atoms with Crippen molar-refractivity contribution in [3.8, 4) is 11.4 Å². The van der Waals surface area contributed by atoms with Crippen molar-refractivity contribution in [1.82, 2.24) is 14.5 Å². The molecule has 0 spiro atoms. The molecule has 2 aromatic heterocycles. The molecular formula is C19H18N4O3. The zero-order valence-electron chi connectivity index (χ0n) is 14.4. The fourth-order valence-electron chi connectivity index (χ4n) is 2.46. The quantitative estimate of drug-likeness (QED) is 0.751. The molecule has 0 aliphatic rings. The summed E-state index contributed by atoms with van der Waals surface area (Å²) in [4.78, 5) is 42.9. The Kier molecular flexibility index (Phi) is 4.79. The number of nitrogens with zero attached hydrogens (tertiary/aromatic N) is 2. The molecular weight excluding hydrogens is 332 g/mol. The van der Waals surface area contributed by atoms with E-state index in [1.165, 1.54) is 16.7 Å². The van der Waals surface area contributed by atoms with E-state index in [9.17, 15) is 14.4 Å². The van der Waals surface area contributed by atoms with E-state index in [1.807, 2.05) is 6.92 Å². The van der Waals surface area contributed by atoms with Crippen LogP contribution in [0.5, 0.6) is 0 Å². The minimum Gasteiger partial charge on any atom is -0.322 e. The van der Waals surface area contributed by atoms with Gasteiger partial charge in [0.2, 0.25) is 0 Å². The fraction of sp³-hybridized carbons (Fsp3) is 0.158. The molecule has 1 aromatic carbocycles. The van der Waals surface area contributed by atoms with E-state index < -0.39 is 0 Å². The fourth-order valence-corrected chi connectivity index (χ4v) is 2.46. The van der Waals surface area contributed by atoms with Crippen LogP contribution in [-0.2, 0) is 13.5 Å². The molecule has 2 heterocycles. The van der Waals surface area contributed by atoms with Crippen LogP contribution in [0.1, 0.15) is 23.0 Å². The molecule has 1 amide bonds. The Labute approximate surface area is 149 Å². The van der Waals surface area contributed by atoms with Gasteiger partial charge >= 0.3 is 0 Å². The SMILES string of the molecule is CCc1cc(=O)[nH]c(-c2cccc(NC(=O)c3ccn(C)c(=O)c3)c2)n1. The second-order valence-electron chi connectivity index (χ2n) is 5.84. The number of carbonyl (C=O) groups excluding carboxylic acids is 1. The van der Waals surface area contributed by atoms with Gasteiger partial charge in [0.1, 0.15) is 5.82 Å². The normalized spacial score (nSPS) is 10.5. The number of aromatic amines is 1. The topological polar surface area (TPSA) is 96.9 Å². The van der Waals surface area contributed by atoms with Crippen LogP contribution < -0.4 is 16.4 Å². The Balaban J connectivity index is 1.89. The molecule has 0 aliphatic heterocycles. The number of hydrogen-bond donors (Lipinski definition) is 2. The third-order valence-corrected chi connectivity index (χ3v) is 3.92. The van der Waals surface area contributed by atoms with Crippen LogP contribution in [0.3, 0.4) is 0 Å². The summed E-state index contributed by atoms with van der Waals surface area (Å²) in [6.07, 6.45) is 2.19. The highest BCUT2D eigenvalue weighted by molar-refractivity contribution is 6.04. The van der Waals surface area contributed by atoms with Crippen LogP contribution in [0.25, 0.3) is 11.4 Å². The molecule has 3 rings (SSSR count). The molecule has 7 nitrogen and oxygen atoms in total. The first-order chi connectivity index (χ1) is 12.5. The van der Waals surface area contributed by atoms with E-state index >= 15 is 0 Å². The van der Waals surface area contributed by atoms with Crippen LogP contribution in [0.15, 0.2) is 58.3 Å². The van der Waals surface area contributed by atoms with Crippen LogP contribution in [0, 0.1) is 0 Å². The monoisotopic (exact) mass is 350 g/mol. The number of amides is 1. The molecule has 0 saturated heterocycles. The third-order valence-electron chi connectivity index (χ3n) is 3.92. The molecule has 7 heteroatoms. The van der Waals surface area contributed by atoms with Crippen molar-refractivity contribution in [3.63, 3.8) is 0 Å². The second kappa shape index (κ2) is 7.18. The summed E-state index contributed by atoms with van der Waals surface area (Å²) in [5.74, 6) is 0.0580. The van der Waals surface area contributed by atoms with Crippen molar-refractivity contribution in [2.24, 2.45) is 7.05 Å². The zero-order valence-corrected chi connectivity index (χ0v) is 14.4. The molecule has 26 heavy (non-hydrogen) atoms. The van der Waals surface area contributed by atoms with Crippen molar-refractivity contribution in [3.05, 3.63) is 80.6 Å². The van der Waals surface area contributed by atoms with Crippen molar-refractivity contribution < 1.29 is 4.79 Å². The number of anilines is 1. The van der Waals surface area contributed by atoms with E-state index in [-0.39, 0.29) is 22.6 Å². The molecule has 3 aromatic rings. The number of pyridine rings is 1. The van der Waals surface area contributed by atoms with Gasteiger partial charge in [-0.05, 0) is 24.6 Å². The van der Waals surface area contributed by atoms with Gasteiger partial charge in [0.25, 0.3) is 17.0 Å². The lowest BCUT2D eigenvalue weighted by atomic mass is 10.1. The third kappa shape index (κ3) is 3.77. The van der Waals surface area contributed by atoms with Gasteiger partial charge in [-0.2, -0.15) is 0 Å². The van der Waals surface area contributed by atoms with Gasteiger partial charge in [-0.1, -0.05) is 19.1 Å². The summed E-state index contributed by atoms with van der Waals surface area (Å²) >= 11 is 0. The van der Waals surface area contributed by atoms with Gasteiger partial charge in [0.05, 0.1) is 0 Å². The summed E-state index contributed by atoms with van der Waals surface area (Å²) in [6.45, 7) is 1.92. The highest BCUT2D eigenvalue weighted by Gasteiger charge is 2.09. The number of rotatable bonds is 4. The first-order valence-corrected chi connectivity index (χ1v) is 8.15. The van der Waals surface area contributed by atoms with Gasteiger partial charge < -0.3 is 14.9 Å². The van der Waals surface area contributed by atoms with E-state index in [4.69, 9.17) is 0 Å². The maximum atomic E-state index is 12.3. The second-order valence-corrected chi connectivity index (χ2v) is 5.84. The largest absolute Gasteiger partial charge is 0.322 e. The molecule has 132 valence electrons. The summed E-state index contributed by atoms with van der Waals surface area (Å²) in [7, 11) is 1.62. The van der Waals surface area contributed by atoms with Crippen LogP contribution >= 0.6 is 0 Å². The molecule has 0 radical (unpaired) electrons. The first kappa shape index (κ1) is 17.3. The van der Waals surface area contributed by atoms with Crippen molar-refractivity contribution in [1.29, 1.82) is 0 Å². The van der Waals surface area contributed by atoms with Crippen molar-refractivity contribution in [2.75, 3.05) is 5.32 Å². The highest BCUT2D eigenvalue weighted by atomic mass is 16.2. The predicted molar refractivity (Wildman–Crippen MR) is 99.3 cm³/mol.